The van der Waals surface area contributed by atoms with Crippen molar-refractivity contribution in [1.82, 2.24) is 0 Å². The van der Waals surface area contributed by atoms with Crippen molar-refractivity contribution in [2.24, 2.45) is 5.73 Å². The van der Waals surface area contributed by atoms with Gasteiger partial charge in [-0.15, -0.1) is 0 Å². The molecule has 2 aromatic rings. The highest BCUT2D eigenvalue weighted by Crippen LogP contribution is 2.29. The van der Waals surface area contributed by atoms with E-state index in [0.717, 1.165) is 5.56 Å². The van der Waals surface area contributed by atoms with Gasteiger partial charge in [0.2, 0.25) is 5.91 Å². The van der Waals surface area contributed by atoms with Crippen molar-refractivity contribution in [3.63, 3.8) is 0 Å². The molecule has 0 unspecified atom stereocenters. The smallest absolute Gasteiger partial charge is 0.241 e. The number of nitrogens with one attached hydrogen (secondary N) is 1. The fourth-order valence-electron chi connectivity index (χ4n) is 1.79. The molecule has 0 aliphatic heterocycles. The summed E-state index contributed by atoms with van der Waals surface area (Å²) < 4.78 is 0. The molecule has 0 heterocycles. The van der Waals surface area contributed by atoms with E-state index in [1.54, 1.807) is 18.2 Å². The molecule has 0 bridgehead atoms. The van der Waals surface area contributed by atoms with Crippen LogP contribution in [0, 0.1) is 0 Å². The number of amides is 1. The number of carbonyl (C=O) groups is 1. The van der Waals surface area contributed by atoms with Crippen LogP contribution in [0.2, 0.25) is 10.0 Å². The third-order valence-corrected chi connectivity index (χ3v) is 3.48. The summed E-state index contributed by atoms with van der Waals surface area (Å²) in [5.41, 5.74) is 7.29. The molecule has 0 fully saturated rings. The molecule has 0 saturated carbocycles. The molecule has 1 atom stereocenters. The highest BCUT2D eigenvalue weighted by molar-refractivity contribution is 6.39. The molecule has 3 N–H and O–H groups in total. The van der Waals surface area contributed by atoms with E-state index in [0.29, 0.717) is 22.2 Å². The van der Waals surface area contributed by atoms with Crippen molar-refractivity contribution >= 4 is 34.8 Å². The Labute approximate surface area is 127 Å². The average Bonchev–Trinajstić information content (AvgIpc) is 2.44. The number of hydrogen-bond donors (Lipinski definition) is 2. The summed E-state index contributed by atoms with van der Waals surface area (Å²) in [7, 11) is 0. The summed E-state index contributed by atoms with van der Waals surface area (Å²) in [6.07, 6.45) is 0.453. The van der Waals surface area contributed by atoms with Gasteiger partial charge in [-0.1, -0.05) is 59.6 Å². The molecule has 0 spiro atoms. The van der Waals surface area contributed by atoms with E-state index in [-0.39, 0.29) is 5.91 Å². The Hall–Kier alpha value is -1.55. The lowest BCUT2D eigenvalue weighted by Crippen LogP contribution is -2.37. The maximum absolute atomic E-state index is 12.1. The van der Waals surface area contributed by atoms with Crippen molar-refractivity contribution < 1.29 is 4.79 Å². The monoisotopic (exact) mass is 308 g/mol. The van der Waals surface area contributed by atoms with E-state index in [2.05, 4.69) is 5.32 Å². The lowest BCUT2D eigenvalue weighted by Gasteiger charge is -2.14. The van der Waals surface area contributed by atoms with Crippen LogP contribution in [0.5, 0.6) is 0 Å². The van der Waals surface area contributed by atoms with Crippen molar-refractivity contribution in [3.8, 4) is 0 Å². The zero-order valence-corrected chi connectivity index (χ0v) is 12.2. The van der Waals surface area contributed by atoms with Crippen molar-refractivity contribution in [2.45, 2.75) is 12.5 Å². The van der Waals surface area contributed by atoms with Gasteiger partial charge in [0.25, 0.3) is 0 Å². The van der Waals surface area contributed by atoms with Crippen LogP contribution in [0.25, 0.3) is 0 Å². The second-order valence-electron chi connectivity index (χ2n) is 4.38. The average molecular weight is 309 g/mol. The fraction of sp³-hybridized carbons (Fsp3) is 0.133. The second-order valence-corrected chi connectivity index (χ2v) is 5.20. The summed E-state index contributed by atoms with van der Waals surface area (Å²) in [6, 6.07) is 14.0. The Morgan fingerprint density at radius 3 is 2.25 bits per heavy atom. The lowest BCUT2D eigenvalue weighted by atomic mass is 10.1. The first-order valence-corrected chi connectivity index (χ1v) is 6.88. The highest BCUT2D eigenvalue weighted by atomic mass is 35.5. The molecular weight excluding hydrogens is 295 g/mol. The quantitative estimate of drug-likeness (QED) is 0.908. The predicted octanol–water partition coefficient (Wildman–Crippen LogP) is 3.50. The SMILES string of the molecule is N[C@H](Cc1ccccc1)C(=O)Nc1c(Cl)cccc1Cl. The molecule has 2 aromatic carbocycles. The first-order chi connectivity index (χ1) is 9.58. The topological polar surface area (TPSA) is 55.1 Å². The van der Waals surface area contributed by atoms with Crippen LogP contribution in [0.3, 0.4) is 0 Å². The lowest BCUT2D eigenvalue weighted by molar-refractivity contribution is -0.117. The van der Waals surface area contributed by atoms with Gasteiger partial charge < -0.3 is 11.1 Å². The number of anilines is 1. The van der Waals surface area contributed by atoms with E-state index in [4.69, 9.17) is 28.9 Å². The van der Waals surface area contributed by atoms with Gasteiger partial charge in [-0.05, 0) is 24.1 Å². The number of benzene rings is 2. The maximum Gasteiger partial charge on any atom is 0.241 e. The summed E-state index contributed by atoms with van der Waals surface area (Å²) in [6.45, 7) is 0. The summed E-state index contributed by atoms with van der Waals surface area (Å²) in [5, 5.41) is 3.44. The highest BCUT2D eigenvalue weighted by Gasteiger charge is 2.16. The van der Waals surface area contributed by atoms with Crippen LogP contribution in [-0.2, 0) is 11.2 Å². The molecule has 104 valence electrons. The minimum Gasteiger partial charge on any atom is -0.322 e. The molecular formula is C15H14Cl2N2O. The first kappa shape index (κ1) is 14.9. The molecule has 0 aromatic heterocycles. The number of rotatable bonds is 4. The van der Waals surface area contributed by atoms with Crippen LogP contribution < -0.4 is 11.1 Å². The number of hydrogen-bond acceptors (Lipinski definition) is 2. The first-order valence-electron chi connectivity index (χ1n) is 6.12. The van der Waals surface area contributed by atoms with Crippen molar-refractivity contribution in [1.29, 1.82) is 0 Å². The van der Waals surface area contributed by atoms with Crippen LogP contribution in [0.4, 0.5) is 5.69 Å². The van der Waals surface area contributed by atoms with Gasteiger partial charge in [0.15, 0.2) is 0 Å². The zero-order valence-electron chi connectivity index (χ0n) is 10.6. The van der Waals surface area contributed by atoms with Gasteiger partial charge in [-0.3, -0.25) is 4.79 Å². The molecule has 5 heteroatoms. The molecule has 0 radical (unpaired) electrons. The number of para-hydroxylation sites is 1. The van der Waals surface area contributed by atoms with E-state index in [1.807, 2.05) is 30.3 Å². The van der Waals surface area contributed by atoms with Crippen LogP contribution >= 0.6 is 23.2 Å². The largest absolute Gasteiger partial charge is 0.322 e. The third kappa shape index (κ3) is 3.73. The number of halogens is 2. The van der Waals surface area contributed by atoms with Gasteiger partial charge in [-0.2, -0.15) is 0 Å². The Morgan fingerprint density at radius 1 is 1.05 bits per heavy atom. The van der Waals surface area contributed by atoms with Gasteiger partial charge in [0.1, 0.15) is 0 Å². The van der Waals surface area contributed by atoms with Gasteiger partial charge in [0, 0.05) is 0 Å². The Morgan fingerprint density at radius 2 is 1.65 bits per heavy atom. The van der Waals surface area contributed by atoms with E-state index in [1.165, 1.54) is 0 Å². The Balaban J connectivity index is 2.05. The summed E-state index contributed by atoms with van der Waals surface area (Å²) in [4.78, 5) is 12.1. The van der Waals surface area contributed by atoms with Crippen LogP contribution in [-0.4, -0.2) is 11.9 Å². The van der Waals surface area contributed by atoms with E-state index >= 15 is 0 Å². The number of carbonyl (C=O) groups excluding carboxylic acids is 1. The second kappa shape index (κ2) is 6.75. The summed E-state index contributed by atoms with van der Waals surface area (Å²) >= 11 is 12.0. The fourth-order valence-corrected chi connectivity index (χ4v) is 2.29. The molecule has 0 aliphatic carbocycles. The van der Waals surface area contributed by atoms with Gasteiger partial charge >= 0.3 is 0 Å². The molecule has 20 heavy (non-hydrogen) atoms. The molecule has 2 rings (SSSR count). The van der Waals surface area contributed by atoms with E-state index in [9.17, 15) is 4.79 Å². The maximum atomic E-state index is 12.1. The summed E-state index contributed by atoms with van der Waals surface area (Å²) in [5.74, 6) is -0.316. The normalized spacial score (nSPS) is 11.9. The minimum absolute atomic E-state index is 0.316. The molecule has 1 amide bonds. The van der Waals surface area contributed by atoms with Gasteiger partial charge in [-0.25, -0.2) is 0 Å². The minimum atomic E-state index is -0.662. The van der Waals surface area contributed by atoms with Crippen molar-refractivity contribution in [2.75, 3.05) is 5.32 Å². The standard InChI is InChI=1S/C15H14Cl2N2O/c16-11-7-4-8-12(17)14(11)19-15(20)13(18)9-10-5-2-1-3-6-10/h1-8,13H,9,18H2,(H,19,20)/t13-/m1/s1. The predicted molar refractivity (Wildman–Crippen MR) is 83.2 cm³/mol. The molecule has 0 aliphatic rings. The van der Waals surface area contributed by atoms with Crippen LogP contribution in [0.15, 0.2) is 48.5 Å². The van der Waals surface area contributed by atoms with E-state index < -0.39 is 6.04 Å². The Kier molecular flexibility index (Phi) is 5.01. The molecule has 0 saturated heterocycles. The molecule has 3 nitrogen and oxygen atoms in total. The Bertz CT molecular complexity index is 582. The van der Waals surface area contributed by atoms with Gasteiger partial charge in [0.05, 0.1) is 21.8 Å². The van der Waals surface area contributed by atoms with Crippen LogP contribution in [0.1, 0.15) is 5.56 Å². The van der Waals surface area contributed by atoms with Crippen molar-refractivity contribution in [3.05, 3.63) is 64.1 Å². The third-order valence-electron chi connectivity index (χ3n) is 2.85. The zero-order chi connectivity index (χ0) is 14.5. The number of nitrogens with two attached hydrogens (primary N) is 1.